The fraction of sp³-hybridized carbons (Fsp3) is 0.0909. The van der Waals surface area contributed by atoms with E-state index in [1.807, 2.05) is 5.43 Å². The van der Waals surface area contributed by atoms with E-state index in [1.165, 1.54) is 49.9 Å². The highest BCUT2D eigenvalue weighted by Gasteiger charge is 2.30. The Balaban J connectivity index is 1.57. The number of carbonyl (C=O) groups excluding carboxylic acids is 3. The summed E-state index contributed by atoms with van der Waals surface area (Å²) in [7, 11) is 1.36. The van der Waals surface area contributed by atoms with Gasteiger partial charge in [0.1, 0.15) is 0 Å². The van der Waals surface area contributed by atoms with E-state index in [4.69, 9.17) is 13.9 Å². The van der Waals surface area contributed by atoms with Gasteiger partial charge in [0.25, 0.3) is 0 Å². The number of hydrogen-bond acceptors (Lipinski definition) is 7. The fourth-order valence-corrected chi connectivity index (χ4v) is 2.54. The Kier molecular flexibility index (Phi) is 7.31. The Morgan fingerprint density at radius 1 is 1.00 bits per heavy atom. The van der Waals surface area contributed by atoms with Crippen molar-refractivity contribution in [2.45, 2.75) is 6.18 Å². The molecule has 0 aliphatic rings. The lowest BCUT2D eigenvalue weighted by Gasteiger charge is -2.09. The second kappa shape index (κ2) is 10.3. The van der Waals surface area contributed by atoms with Crippen LogP contribution >= 0.6 is 0 Å². The van der Waals surface area contributed by atoms with Crippen LogP contribution in [0.2, 0.25) is 0 Å². The van der Waals surface area contributed by atoms with E-state index < -0.39 is 29.5 Å². The van der Waals surface area contributed by atoms with Crippen LogP contribution in [0.4, 0.5) is 18.9 Å². The van der Waals surface area contributed by atoms with Gasteiger partial charge in [-0.05, 0) is 60.2 Å². The number of hydrazone groups is 1. The summed E-state index contributed by atoms with van der Waals surface area (Å²) < 4.78 is 53.1. The Morgan fingerprint density at radius 2 is 1.74 bits per heavy atom. The SMILES string of the molecule is COc1cc(/C=N/NC(=O)C(=O)Nc2ccc(C(F)(F)F)cc2)ccc1OC(=O)c1ccco1. The molecule has 3 rings (SSSR count). The number of methoxy groups -OCH3 is 1. The number of furan rings is 1. The number of benzene rings is 2. The van der Waals surface area contributed by atoms with Crippen molar-refractivity contribution in [3.8, 4) is 11.5 Å². The molecule has 0 aliphatic heterocycles. The van der Waals surface area contributed by atoms with E-state index in [9.17, 15) is 27.6 Å². The van der Waals surface area contributed by atoms with E-state index in [-0.39, 0.29) is 22.9 Å². The van der Waals surface area contributed by atoms with E-state index in [0.717, 1.165) is 24.3 Å². The van der Waals surface area contributed by atoms with Gasteiger partial charge in [0.05, 0.1) is 25.2 Å². The minimum Gasteiger partial charge on any atom is -0.493 e. The van der Waals surface area contributed by atoms with Gasteiger partial charge in [-0.1, -0.05) is 0 Å². The van der Waals surface area contributed by atoms with Gasteiger partial charge in [-0.3, -0.25) is 9.59 Å². The summed E-state index contributed by atoms with van der Waals surface area (Å²) in [6.45, 7) is 0. The van der Waals surface area contributed by atoms with Crippen LogP contribution in [0, 0.1) is 0 Å². The molecule has 2 amide bonds. The van der Waals surface area contributed by atoms with E-state index in [1.54, 1.807) is 0 Å². The van der Waals surface area contributed by atoms with Gasteiger partial charge < -0.3 is 19.2 Å². The van der Waals surface area contributed by atoms with Gasteiger partial charge in [-0.25, -0.2) is 10.2 Å². The molecule has 2 N–H and O–H groups in total. The van der Waals surface area contributed by atoms with Gasteiger partial charge >= 0.3 is 24.0 Å². The number of hydrogen-bond donors (Lipinski definition) is 2. The summed E-state index contributed by atoms with van der Waals surface area (Å²) in [5.41, 5.74) is 1.53. The lowest BCUT2D eigenvalue weighted by atomic mass is 10.2. The van der Waals surface area contributed by atoms with E-state index in [0.29, 0.717) is 5.56 Å². The van der Waals surface area contributed by atoms with Crippen molar-refractivity contribution < 1.29 is 41.4 Å². The Labute approximate surface area is 190 Å². The first-order valence-corrected chi connectivity index (χ1v) is 9.42. The number of rotatable bonds is 6. The maximum Gasteiger partial charge on any atom is 0.416 e. The van der Waals surface area contributed by atoms with Crippen LogP contribution in [0.1, 0.15) is 21.7 Å². The molecule has 1 aromatic heterocycles. The predicted molar refractivity (Wildman–Crippen MR) is 112 cm³/mol. The van der Waals surface area contributed by atoms with Crippen LogP contribution < -0.4 is 20.2 Å². The van der Waals surface area contributed by atoms with Gasteiger partial charge in [0.2, 0.25) is 5.76 Å². The van der Waals surface area contributed by atoms with Crippen LogP contribution in [-0.2, 0) is 15.8 Å². The van der Waals surface area contributed by atoms with Crippen molar-refractivity contribution in [1.29, 1.82) is 0 Å². The van der Waals surface area contributed by atoms with E-state index in [2.05, 4.69) is 10.4 Å². The zero-order valence-corrected chi connectivity index (χ0v) is 17.4. The van der Waals surface area contributed by atoms with Crippen LogP contribution in [0.25, 0.3) is 0 Å². The number of amides is 2. The quantitative estimate of drug-likeness (QED) is 0.185. The van der Waals surface area contributed by atoms with Crippen LogP contribution in [-0.4, -0.2) is 31.1 Å². The molecule has 9 nitrogen and oxygen atoms in total. The first-order valence-electron chi connectivity index (χ1n) is 9.42. The number of nitrogens with one attached hydrogen (secondary N) is 2. The molecule has 0 unspecified atom stereocenters. The van der Waals surface area contributed by atoms with Crippen molar-refractivity contribution in [2.75, 3.05) is 12.4 Å². The largest absolute Gasteiger partial charge is 0.493 e. The number of carbonyl (C=O) groups is 3. The standard InChI is InChI=1S/C22H16F3N3O6/c1-32-18-11-13(4-9-16(18)34-21(31)17-3-2-10-33-17)12-26-28-20(30)19(29)27-15-7-5-14(6-8-15)22(23,24)25/h2-12H,1H3,(H,27,29)(H,28,30)/b26-12+. The van der Waals surface area contributed by atoms with Crippen LogP contribution in [0.15, 0.2) is 70.4 Å². The molecule has 0 atom stereocenters. The summed E-state index contributed by atoms with van der Waals surface area (Å²) >= 11 is 0. The van der Waals surface area contributed by atoms with Crippen LogP contribution in [0.3, 0.4) is 0 Å². The second-order valence-electron chi connectivity index (χ2n) is 6.51. The molecular formula is C22H16F3N3O6. The molecule has 0 fully saturated rings. The normalized spacial score (nSPS) is 11.2. The third kappa shape index (κ3) is 6.22. The van der Waals surface area contributed by atoms with Crippen molar-refractivity contribution >= 4 is 29.7 Å². The molecule has 1 heterocycles. The smallest absolute Gasteiger partial charge is 0.416 e. The zero-order chi connectivity index (χ0) is 24.7. The number of esters is 1. The first-order chi connectivity index (χ1) is 16.2. The van der Waals surface area contributed by atoms with Gasteiger partial charge in [0, 0.05) is 5.69 Å². The topological polar surface area (TPSA) is 119 Å². The highest BCUT2D eigenvalue weighted by Crippen LogP contribution is 2.30. The molecule has 0 bridgehead atoms. The lowest BCUT2D eigenvalue weighted by Crippen LogP contribution is -2.32. The van der Waals surface area contributed by atoms with Crippen molar-refractivity contribution in [2.24, 2.45) is 5.10 Å². The molecule has 2 aromatic carbocycles. The maximum absolute atomic E-state index is 12.6. The van der Waals surface area contributed by atoms with Crippen LogP contribution in [0.5, 0.6) is 11.5 Å². The number of anilines is 1. The number of halogens is 3. The van der Waals surface area contributed by atoms with Crippen molar-refractivity contribution in [3.05, 3.63) is 77.7 Å². The number of alkyl halides is 3. The first kappa shape index (κ1) is 24.0. The monoisotopic (exact) mass is 475 g/mol. The summed E-state index contributed by atoms with van der Waals surface area (Å²) in [5.74, 6) is -2.70. The molecule has 12 heteroatoms. The summed E-state index contributed by atoms with van der Waals surface area (Å²) in [6.07, 6.45) is -1.99. The maximum atomic E-state index is 12.6. The second-order valence-corrected chi connectivity index (χ2v) is 6.51. The average molecular weight is 475 g/mol. The minimum atomic E-state index is -4.52. The van der Waals surface area contributed by atoms with Crippen molar-refractivity contribution in [1.82, 2.24) is 5.43 Å². The molecule has 34 heavy (non-hydrogen) atoms. The summed E-state index contributed by atoms with van der Waals surface area (Å²) in [4.78, 5) is 35.8. The highest BCUT2D eigenvalue weighted by molar-refractivity contribution is 6.39. The molecular weight excluding hydrogens is 459 g/mol. The third-order valence-corrected chi connectivity index (χ3v) is 4.17. The Bertz CT molecular complexity index is 1210. The third-order valence-electron chi connectivity index (χ3n) is 4.17. The Morgan fingerprint density at radius 3 is 2.35 bits per heavy atom. The fourth-order valence-electron chi connectivity index (χ4n) is 2.54. The zero-order valence-electron chi connectivity index (χ0n) is 17.4. The Hall–Kier alpha value is -4.61. The van der Waals surface area contributed by atoms with Crippen molar-refractivity contribution in [3.63, 3.8) is 0 Å². The average Bonchev–Trinajstić information content (AvgIpc) is 3.35. The predicted octanol–water partition coefficient (Wildman–Crippen LogP) is 3.62. The molecule has 0 spiro atoms. The molecule has 3 aromatic rings. The molecule has 0 saturated carbocycles. The molecule has 176 valence electrons. The molecule has 0 saturated heterocycles. The number of ether oxygens (including phenoxy) is 2. The van der Waals surface area contributed by atoms with Gasteiger partial charge in [0.15, 0.2) is 11.5 Å². The van der Waals surface area contributed by atoms with Gasteiger partial charge in [-0.2, -0.15) is 18.3 Å². The minimum absolute atomic E-state index is 0.00144. The number of nitrogens with zero attached hydrogens (tertiary/aromatic N) is 1. The highest BCUT2D eigenvalue weighted by atomic mass is 19.4. The lowest BCUT2D eigenvalue weighted by molar-refractivity contribution is -0.137. The summed E-state index contributed by atoms with van der Waals surface area (Å²) in [5, 5.41) is 5.80. The molecule has 0 aliphatic carbocycles. The molecule has 0 radical (unpaired) electrons. The van der Waals surface area contributed by atoms with Gasteiger partial charge in [-0.15, -0.1) is 0 Å². The summed E-state index contributed by atoms with van der Waals surface area (Å²) in [6, 6.07) is 10.9. The van der Waals surface area contributed by atoms with E-state index >= 15 is 0 Å².